The Morgan fingerprint density at radius 2 is 2.13 bits per heavy atom. The molecular formula is C9H13ClN2O2S. The van der Waals surface area contributed by atoms with Crippen LogP contribution in [0.4, 0.5) is 0 Å². The predicted octanol–water partition coefficient (Wildman–Crippen LogP) is 2.27. The molecule has 1 heterocycles. The normalized spacial score (nSPS) is 17.3. The lowest BCUT2D eigenvalue weighted by molar-refractivity contribution is 0.507. The Kier molecular flexibility index (Phi) is 2.55. The molecule has 0 spiro atoms. The van der Waals surface area contributed by atoms with Crippen LogP contribution in [0, 0.1) is 0 Å². The summed E-state index contributed by atoms with van der Waals surface area (Å²) in [5.74, 6) is 0.318. The van der Waals surface area contributed by atoms with Crippen molar-refractivity contribution >= 4 is 19.7 Å². The van der Waals surface area contributed by atoms with Crippen molar-refractivity contribution in [2.75, 3.05) is 0 Å². The van der Waals surface area contributed by atoms with Gasteiger partial charge in [-0.25, -0.2) is 8.42 Å². The monoisotopic (exact) mass is 248 g/mol. The van der Waals surface area contributed by atoms with Gasteiger partial charge in [-0.3, -0.25) is 4.68 Å². The lowest BCUT2D eigenvalue weighted by Gasteiger charge is -2.10. The average molecular weight is 249 g/mol. The summed E-state index contributed by atoms with van der Waals surface area (Å²) in [5, 5.41) is 4.10. The van der Waals surface area contributed by atoms with Gasteiger partial charge in [-0.15, -0.1) is 0 Å². The minimum Gasteiger partial charge on any atom is -0.265 e. The van der Waals surface area contributed by atoms with E-state index in [9.17, 15) is 8.42 Å². The van der Waals surface area contributed by atoms with Crippen LogP contribution in [0.5, 0.6) is 0 Å². The first-order chi connectivity index (χ1) is 6.91. The highest BCUT2D eigenvalue weighted by molar-refractivity contribution is 8.13. The van der Waals surface area contributed by atoms with E-state index in [0.29, 0.717) is 5.92 Å². The zero-order chi connectivity index (χ0) is 11.2. The third-order valence-corrected chi connectivity index (χ3v) is 3.85. The molecular weight excluding hydrogens is 236 g/mol. The van der Waals surface area contributed by atoms with E-state index in [2.05, 4.69) is 5.10 Å². The predicted molar refractivity (Wildman–Crippen MR) is 57.6 cm³/mol. The van der Waals surface area contributed by atoms with Crippen molar-refractivity contribution in [2.45, 2.75) is 43.5 Å². The van der Waals surface area contributed by atoms with E-state index in [1.165, 1.54) is 6.20 Å². The van der Waals surface area contributed by atoms with Crippen LogP contribution >= 0.6 is 10.7 Å². The molecule has 0 aliphatic heterocycles. The van der Waals surface area contributed by atoms with Crippen molar-refractivity contribution in [1.82, 2.24) is 9.78 Å². The zero-order valence-electron chi connectivity index (χ0n) is 8.64. The lowest BCUT2D eigenvalue weighted by Crippen LogP contribution is -2.08. The Hall–Kier alpha value is -0.550. The molecule has 2 rings (SSSR count). The highest BCUT2D eigenvalue weighted by Crippen LogP contribution is 2.44. The molecule has 6 heteroatoms. The largest absolute Gasteiger partial charge is 0.265 e. The summed E-state index contributed by atoms with van der Waals surface area (Å²) in [7, 11) is 1.71. The van der Waals surface area contributed by atoms with E-state index in [0.717, 1.165) is 18.5 Å². The van der Waals surface area contributed by atoms with Gasteiger partial charge >= 0.3 is 0 Å². The zero-order valence-corrected chi connectivity index (χ0v) is 10.2. The van der Waals surface area contributed by atoms with Gasteiger partial charge < -0.3 is 0 Å². The third-order valence-electron chi connectivity index (χ3n) is 2.51. The molecule has 1 aliphatic carbocycles. The second-order valence-corrected chi connectivity index (χ2v) is 6.68. The maximum absolute atomic E-state index is 11.3. The first-order valence-corrected chi connectivity index (χ1v) is 7.24. The Balaban J connectivity index is 2.57. The van der Waals surface area contributed by atoms with Crippen molar-refractivity contribution in [2.24, 2.45) is 0 Å². The SMILES string of the molecule is CC(C)n1ncc(S(=O)(=O)Cl)c1C1CC1. The van der Waals surface area contributed by atoms with Crippen LogP contribution in [-0.2, 0) is 9.05 Å². The smallest absolute Gasteiger partial charge is 0.264 e. The van der Waals surface area contributed by atoms with E-state index in [1.54, 1.807) is 4.68 Å². The second kappa shape index (κ2) is 3.49. The van der Waals surface area contributed by atoms with Crippen molar-refractivity contribution in [3.05, 3.63) is 11.9 Å². The fourth-order valence-electron chi connectivity index (χ4n) is 1.70. The van der Waals surface area contributed by atoms with Gasteiger partial charge in [0.1, 0.15) is 4.90 Å². The highest BCUT2D eigenvalue weighted by atomic mass is 35.7. The van der Waals surface area contributed by atoms with Crippen LogP contribution in [-0.4, -0.2) is 18.2 Å². The van der Waals surface area contributed by atoms with Crippen molar-refractivity contribution in [3.8, 4) is 0 Å². The number of hydrogen-bond acceptors (Lipinski definition) is 3. The van der Waals surface area contributed by atoms with Crippen molar-refractivity contribution in [3.63, 3.8) is 0 Å². The van der Waals surface area contributed by atoms with Crippen LogP contribution < -0.4 is 0 Å². The summed E-state index contributed by atoms with van der Waals surface area (Å²) in [5.41, 5.74) is 0.778. The first-order valence-electron chi connectivity index (χ1n) is 4.93. The van der Waals surface area contributed by atoms with E-state index >= 15 is 0 Å². The first kappa shape index (κ1) is 11.0. The fraction of sp³-hybridized carbons (Fsp3) is 0.667. The molecule has 1 fully saturated rings. The molecule has 1 aliphatic rings. The molecule has 1 aromatic heterocycles. The third kappa shape index (κ3) is 2.03. The minimum absolute atomic E-state index is 0.160. The minimum atomic E-state index is -3.66. The Bertz CT molecular complexity index is 474. The molecule has 0 aromatic carbocycles. The number of hydrogen-bond donors (Lipinski definition) is 0. The van der Waals surface area contributed by atoms with Crippen molar-refractivity contribution in [1.29, 1.82) is 0 Å². The summed E-state index contributed by atoms with van der Waals surface area (Å²) < 4.78 is 24.4. The molecule has 1 saturated carbocycles. The highest BCUT2D eigenvalue weighted by Gasteiger charge is 2.34. The number of rotatable bonds is 3. The van der Waals surface area contributed by atoms with Crippen LogP contribution in [0.1, 0.15) is 44.3 Å². The fourth-order valence-corrected chi connectivity index (χ4v) is 2.74. The molecule has 0 radical (unpaired) electrons. The van der Waals surface area contributed by atoms with E-state index in [1.807, 2.05) is 13.8 Å². The average Bonchev–Trinajstić information content (AvgIpc) is 2.81. The van der Waals surface area contributed by atoms with Gasteiger partial charge in [0.2, 0.25) is 0 Å². The number of aromatic nitrogens is 2. The van der Waals surface area contributed by atoms with Gasteiger partial charge in [0, 0.05) is 22.6 Å². The maximum atomic E-state index is 11.3. The van der Waals surface area contributed by atoms with Crippen LogP contribution in [0.2, 0.25) is 0 Å². The van der Waals surface area contributed by atoms with Gasteiger partial charge in [0.15, 0.2) is 0 Å². The lowest BCUT2D eigenvalue weighted by atomic mass is 10.2. The number of nitrogens with zero attached hydrogens (tertiary/aromatic N) is 2. The molecule has 0 unspecified atom stereocenters. The molecule has 15 heavy (non-hydrogen) atoms. The molecule has 0 N–H and O–H groups in total. The van der Waals surface area contributed by atoms with Gasteiger partial charge in [-0.05, 0) is 26.7 Å². The van der Waals surface area contributed by atoms with Crippen molar-refractivity contribution < 1.29 is 8.42 Å². The van der Waals surface area contributed by atoms with Gasteiger partial charge in [0.05, 0.1) is 11.9 Å². The summed E-state index contributed by atoms with van der Waals surface area (Å²) >= 11 is 0. The molecule has 0 saturated heterocycles. The van der Waals surface area contributed by atoms with Gasteiger partial charge in [0.25, 0.3) is 9.05 Å². The summed E-state index contributed by atoms with van der Waals surface area (Å²) in [6.07, 6.45) is 3.41. The summed E-state index contributed by atoms with van der Waals surface area (Å²) in [6.45, 7) is 3.95. The van der Waals surface area contributed by atoms with Gasteiger partial charge in [-0.2, -0.15) is 5.10 Å². The molecule has 84 valence electrons. The number of halogens is 1. The van der Waals surface area contributed by atoms with Crippen LogP contribution in [0.25, 0.3) is 0 Å². The molecule has 0 amide bonds. The molecule has 0 atom stereocenters. The Morgan fingerprint density at radius 3 is 2.53 bits per heavy atom. The second-order valence-electron chi connectivity index (χ2n) is 4.14. The topological polar surface area (TPSA) is 52.0 Å². The standard InChI is InChI=1S/C9H13ClN2O2S/c1-6(2)12-9(7-3-4-7)8(5-11-12)15(10,13)14/h5-7H,3-4H2,1-2H3. The van der Waals surface area contributed by atoms with Crippen LogP contribution in [0.15, 0.2) is 11.1 Å². The molecule has 4 nitrogen and oxygen atoms in total. The van der Waals surface area contributed by atoms with E-state index in [4.69, 9.17) is 10.7 Å². The molecule has 0 bridgehead atoms. The van der Waals surface area contributed by atoms with E-state index < -0.39 is 9.05 Å². The van der Waals surface area contributed by atoms with Gasteiger partial charge in [-0.1, -0.05) is 0 Å². The Morgan fingerprint density at radius 1 is 1.53 bits per heavy atom. The van der Waals surface area contributed by atoms with E-state index in [-0.39, 0.29) is 10.9 Å². The van der Waals surface area contributed by atoms with Crippen LogP contribution in [0.3, 0.4) is 0 Å². The maximum Gasteiger partial charge on any atom is 0.264 e. The quantitative estimate of drug-likeness (QED) is 0.771. The molecule has 1 aromatic rings. The summed E-state index contributed by atoms with van der Waals surface area (Å²) in [4.78, 5) is 0.181. The summed E-state index contributed by atoms with van der Waals surface area (Å²) in [6, 6.07) is 0.160. The Labute approximate surface area is 93.7 Å².